The highest BCUT2D eigenvalue weighted by atomic mass is 127. The first kappa shape index (κ1) is 25.9. The van der Waals surface area contributed by atoms with Gasteiger partial charge < -0.3 is 24.8 Å². The number of halogens is 1. The van der Waals surface area contributed by atoms with Crippen molar-refractivity contribution in [1.82, 2.24) is 10.6 Å². The van der Waals surface area contributed by atoms with Gasteiger partial charge in [-0.05, 0) is 23.5 Å². The maximum Gasteiger partial charge on any atom is 0.191 e. The fourth-order valence-electron chi connectivity index (χ4n) is 2.39. The number of nitrogens with zero attached hydrogens (tertiary/aromatic N) is 1. The third kappa shape index (κ3) is 11.4. The number of methoxy groups -OCH3 is 1. The third-order valence-corrected chi connectivity index (χ3v) is 3.76. The molecule has 0 unspecified atom stereocenters. The molecule has 1 aromatic carbocycles. The lowest BCUT2D eigenvalue weighted by Crippen LogP contribution is -2.40. The molecule has 0 aromatic heterocycles. The SMILES string of the molecule is CN=C(NCCCOCCOC)NCCOc1ccccc1C(C)(C)C.I. The van der Waals surface area contributed by atoms with Crippen molar-refractivity contribution < 1.29 is 14.2 Å². The number of hydrogen-bond acceptors (Lipinski definition) is 4. The molecule has 0 radical (unpaired) electrons. The number of rotatable bonds is 11. The number of hydrogen-bond donors (Lipinski definition) is 2. The topological polar surface area (TPSA) is 64.1 Å². The number of nitrogens with one attached hydrogen (secondary N) is 2. The van der Waals surface area contributed by atoms with Crippen LogP contribution < -0.4 is 15.4 Å². The molecule has 27 heavy (non-hydrogen) atoms. The van der Waals surface area contributed by atoms with Crippen LogP contribution in [0.2, 0.25) is 0 Å². The second kappa shape index (κ2) is 14.9. The number of guanidine groups is 1. The normalized spacial score (nSPS) is 11.7. The number of para-hydroxylation sites is 1. The highest BCUT2D eigenvalue weighted by Crippen LogP contribution is 2.30. The third-order valence-electron chi connectivity index (χ3n) is 3.76. The first-order valence-electron chi connectivity index (χ1n) is 9.22. The van der Waals surface area contributed by atoms with Crippen LogP contribution in [-0.2, 0) is 14.9 Å². The quantitative estimate of drug-likeness (QED) is 0.215. The second-order valence-corrected chi connectivity index (χ2v) is 6.98. The average Bonchev–Trinajstić information content (AvgIpc) is 2.62. The first-order chi connectivity index (χ1) is 12.5. The smallest absolute Gasteiger partial charge is 0.191 e. The highest BCUT2D eigenvalue weighted by Gasteiger charge is 2.18. The van der Waals surface area contributed by atoms with Gasteiger partial charge in [0.05, 0.1) is 19.8 Å². The molecular weight excluding hydrogens is 457 g/mol. The minimum Gasteiger partial charge on any atom is -0.491 e. The van der Waals surface area contributed by atoms with Gasteiger partial charge in [0, 0.05) is 27.3 Å². The Hall–Kier alpha value is -1.06. The molecule has 0 fully saturated rings. The molecule has 7 heteroatoms. The van der Waals surface area contributed by atoms with Crippen molar-refractivity contribution in [1.29, 1.82) is 0 Å². The molecule has 0 saturated carbocycles. The fraction of sp³-hybridized carbons (Fsp3) is 0.650. The lowest BCUT2D eigenvalue weighted by Gasteiger charge is -2.22. The van der Waals surface area contributed by atoms with Gasteiger partial charge in [-0.2, -0.15) is 0 Å². The monoisotopic (exact) mass is 493 g/mol. The zero-order chi connectivity index (χ0) is 19.3. The summed E-state index contributed by atoms with van der Waals surface area (Å²) < 4.78 is 16.3. The Labute approximate surface area is 181 Å². The summed E-state index contributed by atoms with van der Waals surface area (Å²) in [6, 6.07) is 8.21. The van der Waals surface area contributed by atoms with Crippen molar-refractivity contribution in [3.63, 3.8) is 0 Å². The Balaban J connectivity index is 0.00000676. The van der Waals surface area contributed by atoms with Gasteiger partial charge >= 0.3 is 0 Å². The van der Waals surface area contributed by atoms with E-state index < -0.39 is 0 Å². The van der Waals surface area contributed by atoms with Crippen molar-refractivity contribution in [3.8, 4) is 5.75 Å². The van der Waals surface area contributed by atoms with E-state index >= 15 is 0 Å². The summed E-state index contributed by atoms with van der Waals surface area (Å²) in [7, 11) is 3.44. The fourth-order valence-corrected chi connectivity index (χ4v) is 2.39. The van der Waals surface area contributed by atoms with Crippen molar-refractivity contribution in [3.05, 3.63) is 29.8 Å². The zero-order valence-corrected chi connectivity index (χ0v) is 19.7. The predicted molar refractivity (Wildman–Crippen MR) is 123 cm³/mol. The van der Waals surface area contributed by atoms with Gasteiger partial charge in [0.25, 0.3) is 0 Å². The van der Waals surface area contributed by atoms with Crippen LogP contribution in [0.1, 0.15) is 32.8 Å². The van der Waals surface area contributed by atoms with E-state index in [1.54, 1.807) is 14.2 Å². The van der Waals surface area contributed by atoms with Crippen LogP contribution in [0.3, 0.4) is 0 Å². The summed E-state index contributed by atoms with van der Waals surface area (Å²) in [5, 5.41) is 6.53. The summed E-state index contributed by atoms with van der Waals surface area (Å²) >= 11 is 0. The largest absolute Gasteiger partial charge is 0.491 e. The van der Waals surface area contributed by atoms with Crippen molar-refractivity contribution in [2.75, 3.05) is 53.7 Å². The molecular formula is C20H36IN3O3. The van der Waals surface area contributed by atoms with Gasteiger partial charge in [-0.15, -0.1) is 24.0 Å². The molecule has 1 rings (SSSR count). The maximum atomic E-state index is 5.96. The summed E-state index contributed by atoms with van der Waals surface area (Å²) in [6.45, 7) is 10.6. The van der Waals surface area contributed by atoms with E-state index in [0.29, 0.717) is 33.0 Å². The highest BCUT2D eigenvalue weighted by molar-refractivity contribution is 14.0. The molecule has 0 heterocycles. The molecule has 1 aromatic rings. The molecule has 0 saturated heterocycles. The van der Waals surface area contributed by atoms with Gasteiger partial charge in [0.2, 0.25) is 0 Å². The van der Waals surface area contributed by atoms with Crippen LogP contribution in [0.4, 0.5) is 0 Å². The second-order valence-electron chi connectivity index (χ2n) is 6.98. The average molecular weight is 493 g/mol. The summed E-state index contributed by atoms with van der Waals surface area (Å²) in [5.41, 5.74) is 1.28. The van der Waals surface area contributed by atoms with Crippen molar-refractivity contribution >= 4 is 29.9 Å². The molecule has 2 N–H and O–H groups in total. The molecule has 0 aliphatic rings. The van der Waals surface area contributed by atoms with E-state index in [-0.39, 0.29) is 29.4 Å². The molecule has 0 bridgehead atoms. The summed E-state index contributed by atoms with van der Waals surface area (Å²) in [6.07, 6.45) is 0.917. The van der Waals surface area contributed by atoms with Crippen LogP contribution in [-0.4, -0.2) is 59.6 Å². The Morgan fingerprint density at radius 1 is 1.00 bits per heavy atom. The number of benzene rings is 1. The Kier molecular flexibility index (Phi) is 14.3. The lowest BCUT2D eigenvalue weighted by molar-refractivity contribution is 0.0698. The first-order valence-corrected chi connectivity index (χ1v) is 9.22. The Morgan fingerprint density at radius 3 is 2.37 bits per heavy atom. The summed E-state index contributed by atoms with van der Waals surface area (Å²) in [5.74, 6) is 1.72. The minimum absolute atomic E-state index is 0. The van der Waals surface area contributed by atoms with E-state index in [2.05, 4.69) is 48.5 Å². The minimum atomic E-state index is 0. The predicted octanol–water partition coefficient (Wildman–Crippen LogP) is 3.20. The van der Waals surface area contributed by atoms with Crippen LogP contribution in [0, 0.1) is 0 Å². The van der Waals surface area contributed by atoms with E-state index in [9.17, 15) is 0 Å². The van der Waals surface area contributed by atoms with Gasteiger partial charge in [-0.25, -0.2) is 0 Å². The number of ether oxygens (including phenoxy) is 3. The van der Waals surface area contributed by atoms with E-state index in [1.807, 2.05) is 12.1 Å². The van der Waals surface area contributed by atoms with Crippen LogP contribution >= 0.6 is 24.0 Å². The molecule has 0 spiro atoms. The molecule has 156 valence electrons. The zero-order valence-electron chi connectivity index (χ0n) is 17.3. The van der Waals surface area contributed by atoms with E-state index in [1.165, 1.54) is 5.56 Å². The summed E-state index contributed by atoms with van der Waals surface area (Å²) in [4.78, 5) is 4.21. The van der Waals surface area contributed by atoms with E-state index in [0.717, 1.165) is 24.7 Å². The number of aliphatic imine (C=N–C) groups is 1. The molecule has 0 aliphatic heterocycles. The van der Waals surface area contributed by atoms with Crippen LogP contribution in [0.25, 0.3) is 0 Å². The standard InChI is InChI=1S/C20H35N3O3.HI/c1-20(2,3)17-9-6-7-10-18(17)26-14-12-23-19(21-4)22-11-8-13-25-16-15-24-5;/h6-7,9-10H,8,11-16H2,1-5H3,(H2,21,22,23);1H. The van der Waals surface area contributed by atoms with Crippen molar-refractivity contribution in [2.24, 2.45) is 4.99 Å². The van der Waals surface area contributed by atoms with Gasteiger partial charge in [-0.3, -0.25) is 4.99 Å². The van der Waals surface area contributed by atoms with E-state index in [4.69, 9.17) is 14.2 Å². The maximum absolute atomic E-state index is 5.96. The lowest BCUT2D eigenvalue weighted by atomic mass is 9.86. The molecule has 0 aliphatic carbocycles. The molecule has 0 atom stereocenters. The Morgan fingerprint density at radius 2 is 1.70 bits per heavy atom. The van der Waals surface area contributed by atoms with Gasteiger partial charge in [0.15, 0.2) is 5.96 Å². The molecule has 6 nitrogen and oxygen atoms in total. The van der Waals surface area contributed by atoms with Crippen molar-refractivity contribution in [2.45, 2.75) is 32.6 Å². The molecule has 0 amide bonds. The van der Waals surface area contributed by atoms with Crippen LogP contribution in [0.5, 0.6) is 5.75 Å². The van der Waals surface area contributed by atoms with Crippen LogP contribution in [0.15, 0.2) is 29.3 Å². The van der Waals surface area contributed by atoms with Gasteiger partial charge in [-0.1, -0.05) is 39.0 Å². The van der Waals surface area contributed by atoms with Gasteiger partial charge in [0.1, 0.15) is 12.4 Å². The Bertz CT molecular complexity index is 533.